The van der Waals surface area contributed by atoms with Crippen molar-refractivity contribution in [3.63, 3.8) is 0 Å². The van der Waals surface area contributed by atoms with Gasteiger partial charge in [-0.2, -0.15) is 0 Å². The van der Waals surface area contributed by atoms with E-state index in [9.17, 15) is 0 Å². The summed E-state index contributed by atoms with van der Waals surface area (Å²) in [5.74, 6) is 0. The SMILES string of the molecule is BrC(Br)=Cc1ccccc1-n1ccc2ccccc21. The molecule has 1 aromatic heterocycles. The second kappa shape index (κ2) is 5.35. The molecular weight excluding hydrogens is 366 g/mol. The molecule has 0 radical (unpaired) electrons. The molecule has 0 aliphatic rings. The first kappa shape index (κ1) is 12.7. The molecule has 0 N–H and O–H groups in total. The fraction of sp³-hybridized carbons (Fsp3) is 0. The summed E-state index contributed by atoms with van der Waals surface area (Å²) in [6, 6.07) is 18.9. The first-order valence-corrected chi connectivity index (χ1v) is 7.52. The van der Waals surface area contributed by atoms with Crippen molar-refractivity contribution in [3.8, 4) is 5.69 Å². The lowest BCUT2D eigenvalue weighted by Gasteiger charge is -2.09. The Kier molecular flexibility index (Phi) is 3.58. The fourth-order valence-electron chi connectivity index (χ4n) is 2.24. The molecule has 0 saturated carbocycles. The van der Waals surface area contributed by atoms with Gasteiger partial charge in [-0.1, -0.05) is 36.4 Å². The molecule has 3 rings (SSSR count). The Bertz CT molecular complexity index is 752. The van der Waals surface area contributed by atoms with Gasteiger partial charge in [0.25, 0.3) is 0 Å². The average molecular weight is 377 g/mol. The summed E-state index contributed by atoms with van der Waals surface area (Å²) >= 11 is 6.85. The molecule has 94 valence electrons. The van der Waals surface area contributed by atoms with Crippen molar-refractivity contribution < 1.29 is 0 Å². The average Bonchev–Trinajstić information content (AvgIpc) is 2.82. The van der Waals surface area contributed by atoms with Crippen molar-refractivity contribution in [2.24, 2.45) is 0 Å². The van der Waals surface area contributed by atoms with Gasteiger partial charge in [0.05, 0.1) is 14.6 Å². The van der Waals surface area contributed by atoms with Gasteiger partial charge in [0.1, 0.15) is 0 Å². The highest BCUT2D eigenvalue weighted by atomic mass is 79.9. The van der Waals surface area contributed by atoms with Crippen LogP contribution in [0.25, 0.3) is 22.7 Å². The van der Waals surface area contributed by atoms with E-state index in [0.29, 0.717) is 0 Å². The van der Waals surface area contributed by atoms with E-state index < -0.39 is 0 Å². The number of hydrogen-bond acceptors (Lipinski definition) is 0. The summed E-state index contributed by atoms with van der Waals surface area (Å²) < 4.78 is 3.15. The van der Waals surface area contributed by atoms with Crippen LogP contribution in [-0.4, -0.2) is 4.57 Å². The van der Waals surface area contributed by atoms with Crippen molar-refractivity contribution in [3.05, 3.63) is 69.7 Å². The van der Waals surface area contributed by atoms with E-state index in [1.165, 1.54) is 16.6 Å². The lowest BCUT2D eigenvalue weighted by Crippen LogP contribution is -1.94. The Morgan fingerprint density at radius 1 is 0.895 bits per heavy atom. The molecule has 0 amide bonds. The zero-order chi connectivity index (χ0) is 13.2. The third-order valence-corrected chi connectivity index (χ3v) is 3.52. The Morgan fingerprint density at radius 2 is 1.63 bits per heavy atom. The van der Waals surface area contributed by atoms with E-state index in [-0.39, 0.29) is 0 Å². The Balaban J connectivity index is 2.25. The van der Waals surface area contributed by atoms with Gasteiger partial charge in [-0.15, -0.1) is 0 Å². The number of para-hydroxylation sites is 2. The summed E-state index contributed by atoms with van der Waals surface area (Å²) in [7, 11) is 0. The molecule has 2 aromatic carbocycles. The molecule has 19 heavy (non-hydrogen) atoms. The van der Waals surface area contributed by atoms with Crippen LogP contribution in [0.5, 0.6) is 0 Å². The molecule has 0 atom stereocenters. The van der Waals surface area contributed by atoms with Gasteiger partial charge in [0.15, 0.2) is 0 Å². The maximum atomic E-state index is 3.43. The normalized spacial score (nSPS) is 10.6. The zero-order valence-electron chi connectivity index (χ0n) is 10.1. The van der Waals surface area contributed by atoms with Gasteiger partial charge in [-0.25, -0.2) is 0 Å². The summed E-state index contributed by atoms with van der Waals surface area (Å²) in [5, 5.41) is 1.25. The van der Waals surface area contributed by atoms with Gasteiger partial charge in [0, 0.05) is 11.8 Å². The van der Waals surface area contributed by atoms with Crippen molar-refractivity contribution in [1.82, 2.24) is 4.57 Å². The summed E-state index contributed by atoms with van der Waals surface area (Å²) in [6.07, 6.45) is 4.17. The number of aromatic nitrogens is 1. The third kappa shape index (κ3) is 2.53. The Labute approximate surface area is 128 Å². The summed E-state index contributed by atoms with van der Waals surface area (Å²) in [4.78, 5) is 0. The molecule has 0 aliphatic heterocycles. The molecule has 0 bridgehead atoms. The van der Waals surface area contributed by atoms with Crippen LogP contribution in [-0.2, 0) is 0 Å². The van der Waals surface area contributed by atoms with Gasteiger partial charge < -0.3 is 4.57 Å². The number of hydrogen-bond donors (Lipinski definition) is 0. The largest absolute Gasteiger partial charge is 0.316 e. The van der Waals surface area contributed by atoms with Crippen LogP contribution in [0.1, 0.15) is 5.56 Å². The molecule has 0 aliphatic carbocycles. The van der Waals surface area contributed by atoms with E-state index in [1.807, 2.05) is 6.07 Å². The Hall–Kier alpha value is -1.32. The van der Waals surface area contributed by atoms with Crippen LogP contribution in [0, 0.1) is 0 Å². The summed E-state index contributed by atoms with van der Waals surface area (Å²) in [5.41, 5.74) is 3.54. The van der Waals surface area contributed by atoms with Crippen LogP contribution in [0.3, 0.4) is 0 Å². The Morgan fingerprint density at radius 3 is 2.47 bits per heavy atom. The van der Waals surface area contributed by atoms with Gasteiger partial charge in [-0.05, 0) is 61.5 Å². The van der Waals surface area contributed by atoms with Gasteiger partial charge in [0.2, 0.25) is 0 Å². The molecule has 0 unspecified atom stereocenters. The van der Waals surface area contributed by atoms with Crippen LogP contribution >= 0.6 is 31.9 Å². The number of rotatable bonds is 2. The van der Waals surface area contributed by atoms with E-state index in [1.54, 1.807) is 0 Å². The van der Waals surface area contributed by atoms with Crippen LogP contribution < -0.4 is 0 Å². The van der Waals surface area contributed by atoms with E-state index in [0.717, 1.165) is 8.96 Å². The first-order valence-electron chi connectivity index (χ1n) is 5.94. The molecule has 1 heterocycles. The van der Waals surface area contributed by atoms with Gasteiger partial charge >= 0.3 is 0 Å². The number of nitrogens with zero attached hydrogens (tertiary/aromatic N) is 1. The van der Waals surface area contributed by atoms with E-state index >= 15 is 0 Å². The van der Waals surface area contributed by atoms with Crippen LogP contribution in [0.2, 0.25) is 0 Å². The molecule has 3 aromatic rings. The smallest absolute Gasteiger partial charge is 0.0610 e. The van der Waals surface area contributed by atoms with Gasteiger partial charge in [-0.3, -0.25) is 0 Å². The highest BCUT2D eigenvalue weighted by Gasteiger charge is 2.05. The lowest BCUT2D eigenvalue weighted by molar-refractivity contribution is 1.12. The molecule has 0 saturated heterocycles. The first-order chi connectivity index (χ1) is 9.25. The van der Waals surface area contributed by atoms with Crippen molar-refractivity contribution >= 4 is 48.8 Å². The van der Waals surface area contributed by atoms with Crippen molar-refractivity contribution in [2.45, 2.75) is 0 Å². The maximum Gasteiger partial charge on any atom is 0.0610 e. The fourth-order valence-corrected chi connectivity index (χ4v) is 2.73. The standard InChI is InChI=1S/C16H11Br2N/c17-16(18)11-13-6-2-4-8-15(13)19-10-9-12-5-1-3-7-14(12)19/h1-11H. The molecule has 0 fully saturated rings. The minimum Gasteiger partial charge on any atom is -0.316 e. The minimum absolute atomic E-state index is 0.934. The highest BCUT2D eigenvalue weighted by molar-refractivity contribution is 9.28. The molecule has 0 spiro atoms. The molecule has 1 nitrogen and oxygen atoms in total. The quantitative estimate of drug-likeness (QED) is 0.539. The van der Waals surface area contributed by atoms with E-state index in [4.69, 9.17) is 0 Å². The highest BCUT2D eigenvalue weighted by Crippen LogP contribution is 2.26. The topological polar surface area (TPSA) is 4.93 Å². The summed E-state index contributed by atoms with van der Waals surface area (Å²) in [6.45, 7) is 0. The predicted molar refractivity (Wildman–Crippen MR) is 89.1 cm³/mol. The lowest BCUT2D eigenvalue weighted by atomic mass is 10.1. The van der Waals surface area contributed by atoms with Crippen LogP contribution in [0.4, 0.5) is 0 Å². The third-order valence-electron chi connectivity index (χ3n) is 3.06. The number of benzene rings is 2. The minimum atomic E-state index is 0.934. The van der Waals surface area contributed by atoms with E-state index in [2.05, 4.69) is 97.2 Å². The zero-order valence-corrected chi connectivity index (χ0v) is 13.2. The maximum absolute atomic E-state index is 3.43. The molecular formula is C16H11Br2N. The van der Waals surface area contributed by atoms with Crippen LogP contribution in [0.15, 0.2) is 64.2 Å². The second-order valence-corrected chi connectivity index (χ2v) is 7.01. The number of halogens is 2. The monoisotopic (exact) mass is 375 g/mol. The molecule has 3 heteroatoms. The predicted octanol–water partition coefficient (Wildman–Crippen LogP) is 5.72. The second-order valence-electron chi connectivity index (χ2n) is 4.24. The van der Waals surface area contributed by atoms with Crippen molar-refractivity contribution in [1.29, 1.82) is 0 Å². The van der Waals surface area contributed by atoms with Crippen molar-refractivity contribution in [2.75, 3.05) is 0 Å². The number of fused-ring (bicyclic) bond motifs is 1.